The Bertz CT molecular complexity index is 706. The van der Waals surface area contributed by atoms with E-state index < -0.39 is 0 Å². The second-order valence-electron chi connectivity index (χ2n) is 5.69. The molecule has 1 aromatic heterocycles. The third kappa shape index (κ3) is 5.46. The van der Waals surface area contributed by atoms with Crippen molar-refractivity contribution in [2.75, 3.05) is 17.2 Å². The first-order chi connectivity index (χ1) is 11.4. The van der Waals surface area contributed by atoms with E-state index in [0.29, 0.717) is 36.6 Å². The fourth-order valence-corrected chi connectivity index (χ4v) is 2.27. The van der Waals surface area contributed by atoms with Gasteiger partial charge in [0.1, 0.15) is 0 Å². The molecule has 0 saturated heterocycles. The van der Waals surface area contributed by atoms with Gasteiger partial charge in [-0.3, -0.25) is 9.59 Å². The van der Waals surface area contributed by atoms with Crippen LogP contribution in [0.5, 0.6) is 0 Å². The van der Waals surface area contributed by atoms with Gasteiger partial charge < -0.3 is 10.6 Å². The summed E-state index contributed by atoms with van der Waals surface area (Å²) < 4.78 is 0. The summed E-state index contributed by atoms with van der Waals surface area (Å²) in [5.74, 6) is 0.536. The Morgan fingerprint density at radius 1 is 1.04 bits per heavy atom. The van der Waals surface area contributed by atoms with E-state index >= 15 is 0 Å². The number of carbonyl (C=O) groups excluding carboxylic acids is 2. The van der Waals surface area contributed by atoms with Crippen LogP contribution in [0.25, 0.3) is 0 Å². The number of amides is 1. The molecular formula is C18H22N4O2. The molecule has 0 bridgehead atoms. The fourth-order valence-electron chi connectivity index (χ4n) is 2.27. The fraction of sp³-hybridized carbons (Fsp3) is 0.333. The predicted octanol–water partition coefficient (Wildman–Crippen LogP) is 3.13. The zero-order valence-electron chi connectivity index (χ0n) is 14.2. The molecule has 6 nitrogen and oxygen atoms in total. The topological polar surface area (TPSA) is 84.0 Å². The van der Waals surface area contributed by atoms with Crippen LogP contribution < -0.4 is 10.6 Å². The molecule has 2 N–H and O–H groups in total. The predicted molar refractivity (Wildman–Crippen MR) is 94.3 cm³/mol. The highest BCUT2D eigenvalue weighted by Gasteiger charge is 2.04. The SMILES string of the molecule is CC(=O)c1ccc(NC(=O)CCCNc2nc(C)cc(C)n2)cc1. The summed E-state index contributed by atoms with van der Waals surface area (Å²) in [6, 6.07) is 8.79. The van der Waals surface area contributed by atoms with Crippen LogP contribution in [0.4, 0.5) is 11.6 Å². The van der Waals surface area contributed by atoms with Crippen molar-refractivity contribution < 1.29 is 9.59 Å². The summed E-state index contributed by atoms with van der Waals surface area (Å²) in [6.45, 7) is 5.98. The summed E-state index contributed by atoms with van der Waals surface area (Å²) in [7, 11) is 0. The molecule has 0 aliphatic carbocycles. The Morgan fingerprint density at radius 2 is 1.67 bits per heavy atom. The Kier molecular flexibility index (Phi) is 6.01. The van der Waals surface area contributed by atoms with E-state index in [2.05, 4.69) is 20.6 Å². The molecule has 0 radical (unpaired) electrons. The largest absolute Gasteiger partial charge is 0.354 e. The molecule has 24 heavy (non-hydrogen) atoms. The average molecular weight is 326 g/mol. The lowest BCUT2D eigenvalue weighted by Crippen LogP contribution is -2.14. The van der Waals surface area contributed by atoms with E-state index in [9.17, 15) is 9.59 Å². The molecule has 0 spiro atoms. The van der Waals surface area contributed by atoms with Gasteiger partial charge in [-0.15, -0.1) is 0 Å². The van der Waals surface area contributed by atoms with Gasteiger partial charge in [0.05, 0.1) is 0 Å². The second-order valence-corrected chi connectivity index (χ2v) is 5.69. The van der Waals surface area contributed by atoms with E-state index in [1.165, 1.54) is 6.92 Å². The number of benzene rings is 1. The van der Waals surface area contributed by atoms with Crippen molar-refractivity contribution >= 4 is 23.3 Å². The summed E-state index contributed by atoms with van der Waals surface area (Å²) in [4.78, 5) is 31.7. The monoisotopic (exact) mass is 326 g/mol. The minimum atomic E-state index is -0.0614. The van der Waals surface area contributed by atoms with E-state index in [0.717, 1.165) is 11.4 Å². The van der Waals surface area contributed by atoms with Gasteiger partial charge in [-0.25, -0.2) is 9.97 Å². The normalized spacial score (nSPS) is 10.3. The first-order valence-corrected chi connectivity index (χ1v) is 7.91. The Labute approximate surface area is 141 Å². The van der Waals surface area contributed by atoms with Crippen molar-refractivity contribution in [3.8, 4) is 0 Å². The van der Waals surface area contributed by atoms with Gasteiger partial charge in [0.15, 0.2) is 5.78 Å². The van der Waals surface area contributed by atoms with Crippen LogP contribution in [0.3, 0.4) is 0 Å². The van der Waals surface area contributed by atoms with Crippen molar-refractivity contribution in [3.63, 3.8) is 0 Å². The van der Waals surface area contributed by atoms with Crippen LogP contribution in [0, 0.1) is 13.8 Å². The van der Waals surface area contributed by atoms with Gasteiger partial charge in [-0.1, -0.05) is 0 Å². The number of nitrogens with zero attached hydrogens (tertiary/aromatic N) is 2. The molecule has 1 aromatic carbocycles. The highest BCUT2D eigenvalue weighted by Crippen LogP contribution is 2.11. The molecular weight excluding hydrogens is 304 g/mol. The number of aromatic nitrogens is 2. The summed E-state index contributed by atoms with van der Waals surface area (Å²) in [5.41, 5.74) is 3.15. The first-order valence-electron chi connectivity index (χ1n) is 7.91. The highest BCUT2D eigenvalue weighted by molar-refractivity contribution is 5.95. The molecule has 0 unspecified atom stereocenters. The zero-order chi connectivity index (χ0) is 17.5. The summed E-state index contributed by atoms with van der Waals surface area (Å²) >= 11 is 0. The minimum absolute atomic E-state index is 0.00700. The summed E-state index contributed by atoms with van der Waals surface area (Å²) in [6.07, 6.45) is 1.07. The molecule has 1 amide bonds. The third-order valence-corrected chi connectivity index (χ3v) is 3.42. The third-order valence-electron chi connectivity index (χ3n) is 3.42. The van der Waals surface area contributed by atoms with Crippen LogP contribution in [-0.4, -0.2) is 28.2 Å². The lowest BCUT2D eigenvalue weighted by Gasteiger charge is -2.08. The number of ketones is 1. The number of carbonyl (C=O) groups is 2. The maximum absolute atomic E-state index is 11.9. The van der Waals surface area contributed by atoms with Crippen LogP contribution >= 0.6 is 0 Å². The lowest BCUT2D eigenvalue weighted by atomic mass is 10.1. The van der Waals surface area contributed by atoms with Gasteiger partial charge in [0.2, 0.25) is 11.9 Å². The quantitative estimate of drug-likeness (QED) is 0.603. The van der Waals surface area contributed by atoms with Crippen molar-refractivity contribution in [3.05, 3.63) is 47.3 Å². The molecule has 126 valence electrons. The molecule has 0 saturated carbocycles. The molecule has 6 heteroatoms. The molecule has 0 aliphatic heterocycles. The zero-order valence-corrected chi connectivity index (χ0v) is 14.2. The van der Waals surface area contributed by atoms with Gasteiger partial charge in [-0.05, 0) is 57.5 Å². The van der Waals surface area contributed by atoms with Crippen molar-refractivity contribution in [2.24, 2.45) is 0 Å². The highest BCUT2D eigenvalue weighted by atomic mass is 16.1. The smallest absolute Gasteiger partial charge is 0.224 e. The Balaban J connectivity index is 1.74. The average Bonchev–Trinajstić information content (AvgIpc) is 2.51. The lowest BCUT2D eigenvalue weighted by molar-refractivity contribution is -0.116. The van der Waals surface area contributed by atoms with Gasteiger partial charge in [0.25, 0.3) is 0 Å². The number of aryl methyl sites for hydroxylation is 2. The van der Waals surface area contributed by atoms with Crippen LogP contribution in [-0.2, 0) is 4.79 Å². The summed E-state index contributed by atoms with van der Waals surface area (Å²) in [5, 5.41) is 5.94. The van der Waals surface area contributed by atoms with Crippen LogP contribution in [0.2, 0.25) is 0 Å². The van der Waals surface area contributed by atoms with E-state index in [1.807, 2.05) is 19.9 Å². The minimum Gasteiger partial charge on any atom is -0.354 e. The number of hydrogen-bond acceptors (Lipinski definition) is 5. The first kappa shape index (κ1) is 17.6. The maximum atomic E-state index is 11.9. The van der Waals surface area contributed by atoms with Gasteiger partial charge in [0, 0.05) is 35.6 Å². The number of hydrogen-bond donors (Lipinski definition) is 2. The van der Waals surface area contributed by atoms with E-state index in [1.54, 1.807) is 24.3 Å². The van der Waals surface area contributed by atoms with Crippen molar-refractivity contribution in [2.45, 2.75) is 33.6 Å². The standard InChI is InChI=1S/C18H22N4O2/c1-12-11-13(2)21-18(20-12)19-10-4-5-17(24)22-16-8-6-15(7-9-16)14(3)23/h6-9,11H,4-5,10H2,1-3H3,(H,22,24)(H,19,20,21). The molecule has 0 fully saturated rings. The number of nitrogens with one attached hydrogen (secondary N) is 2. The van der Waals surface area contributed by atoms with E-state index in [-0.39, 0.29) is 11.7 Å². The second kappa shape index (κ2) is 8.19. The van der Waals surface area contributed by atoms with Crippen LogP contribution in [0.15, 0.2) is 30.3 Å². The van der Waals surface area contributed by atoms with Crippen molar-refractivity contribution in [1.29, 1.82) is 0 Å². The van der Waals surface area contributed by atoms with E-state index in [4.69, 9.17) is 0 Å². The Morgan fingerprint density at radius 3 is 2.25 bits per heavy atom. The molecule has 2 rings (SSSR count). The maximum Gasteiger partial charge on any atom is 0.224 e. The van der Waals surface area contributed by atoms with Gasteiger partial charge >= 0.3 is 0 Å². The van der Waals surface area contributed by atoms with Crippen molar-refractivity contribution in [1.82, 2.24) is 9.97 Å². The molecule has 0 atom stereocenters. The number of Topliss-reactive ketones (excluding diaryl/α,β-unsaturated/α-hetero) is 1. The van der Waals surface area contributed by atoms with Gasteiger partial charge in [-0.2, -0.15) is 0 Å². The molecule has 0 aliphatic rings. The molecule has 2 aromatic rings. The Hall–Kier alpha value is -2.76. The van der Waals surface area contributed by atoms with Crippen LogP contribution in [0.1, 0.15) is 41.5 Å². The molecule has 1 heterocycles. The number of anilines is 2. The number of rotatable bonds is 7.